The Hall–Kier alpha value is -1.52. The average Bonchev–Trinajstić information content (AvgIpc) is 2.88. The second-order valence-electron chi connectivity index (χ2n) is 4.11. The normalized spacial score (nSPS) is 12.2. The van der Waals surface area contributed by atoms with Gasteiger partial charge in [0.25, 0.3) is 0 Å². The Labute approximate surface area is 111 Å². The molecule has 0 aliphatic carbocycles. The van der Waals surface area contributed by atoms with Crippen LogP contribution in [0.3, 0.4) is 0 Å². The molecule has 0 aliphatic rings. The third kappa shape index (κ3) is 3.03. The topological polar surface area (TPSA) is 44.5 Å². The zero-order valence-electron chi connectivity index (χ0n) is 10.6. The van der Waals surface area contributed by atoms with Gasteiger partial charge in [0.05, 0.1) is 7.11 Å². The highest BCUT2D eigenvalue weighted by Gasteiger charge is 2.10. The van der Waals surface area contributed by atoms with Gasteiger partial charge in [-0.25, -0.2) is 0 Å². The molecule has 1 heterocycles. The van der Waals surface area contributed by atoms with E-state index >= 15 is 0 Å². The predicted molar refractivity (Wildman–Crippen MR) is 74.2 cm³/mol. The summed E-state index contributed by atoms with van der Waals surface area (Å²) in [6.07, 6.45) is 0. The van der Waals surface area contributed by atoms with Crippen LogP contribution >= 0.6 is 11.3 Å². The van der Waals surface area contributed by atoms with Crippen LogP contribution in [0, 0.1) is 0 Å². The smallest absolute Gasteiger partial charge is 0.128 e. The van der Waals surface area contributed by atoms with Crippen LogP contribution < -0.4 is 15.2 Å². The van der Waals surface area contributed by atoms with Crippen molar-refractivity contribution in [1.29, 1.82) is 0 Å². The Morgan fingerprint density at radius 1 is 1.33 bits per heavy atom. The standard InChI is InChI=1S/C14H17NO2S/c1-10(15)13-4-3-12(16-2)7-14(13)17-8-11-5-6-18-9-11/h3-7,9-10H,8,15H2,1-2H3/t10-/m0/s1. The summed E-state index contributed by atoms with van der Waals surface area (Å²) in [6, 6.07) is 7.72. The molecule has 2 aromatic rings. The molecular formula is C14H17NO2S. The Kier molecular flexibility index (Phi) is 4.23. The second kappa shape index (κ2) is 5.89. The minimum Gasteiger partial charge on any atom is -0.497 e. The molecule has 0 saturated carbocycles. The SMILES string of the molecule is COc1ccc([C@H](C)N)c(OCc2ccsc2)c1. The summed E-state index contributed by atoms with van der Waals surface area (Å²) in [7, 11) is 1.64. The minimum absolute atomic E-state index is 0.0617. The molecule has 2 N–H and O–H groups in total. The summed E-state index contributed by atoms with van der Waals surface area (Å²) >= 11 is 1.66. The van der Waals surface area contributed by atoms with E-state index in [4.69, 9.17) is 15.2 Å². The lowest BCUT2D eigenvalue weighted by atomic mass is 10.1. The molecule has 2 rings (SSSR count). The maximum atomic E-state index is 5.94. The first-order chi connectivity index (χ1) is 8.70. The van der Waals surface area contributed by atoms with Crippen LogP contribution in [0.25, 0.3) is 0 Å². The van der Waals surface area contributed by atoms with Crippen molar-refractivity contribution in [2.75, 3.05) is 7.11 Å². The van der Waals surface area contributed by atoms with Gasteiger partial charge in [-0.15, -0.1) is 0 Å². The van der Waals surface area contributed by atoms with Crippen LogP contribution in [0.2, 0.25) is 0 Å². The largest absolute Gasteiger partial charge is 0.497 e. The molecule has 0 saturated heterocycles. The van der Waals surface area contributed by atoms with Gasteiger partial charge >= 0.3 is 0 Å². The van der Waals surface area contributed by atoms with Crippen molar-refractivity contribution in [3.63, 3.8) is 0 Å². The third-order valence-corrected chi connectivity index (χ3v) is 3.42. The van der Waals surface area contributed by atoms with Gasteiger partial charge in [0, 0.05) is 17.7 Å². The molecule has 0 spiro atoms. The summed E-state index contributed by atoms with van der Waals surface area (Å²) in [6.45, 7) is 2.50. The van der Waals surface area contributed by atoms with Crippen LogP contribution in [0.5, 0.6) is 11.5 Å². The van der Waals surface area contributed by atoms with E-state index in [2.05, 4.69) is 11.4 Å². The molecular weight excluding hydrogens is 246 g/mol. The van der Waals surface area contributed by atoms with Crippen LogP contribution in [0.15, 0.2) is 35.0 Å². The molecule has 1 atom stereocenters. The monoisotopic (exact) mass is 263 g/mol. The van der Waals surface area contributed by atoms with E-state index in [0.717, 1.165) is 17.1 Å². The van der Waals surface area contributed by atoms with E-state index < -0.39 is 0 Å². The zero-order chi connectivity index (χ0) is 13.0. The van der Waals surface area contributed by atoms with Gasteiger partial charge in [0.2, 0.25) is 0 Å². The molecule has 0 unspecified atom stereocenters. The molecule has 0 radical (unpaired) electrons. The van der Waals surface area contributed by atoms with E-state index in [0.29, 0.717) is 6.61 Å². The van der Waals surface area contributed by atoms with Crippen molar-refractivity contribution >= 4 is 11.3 Å². The quantitative estimate of drug-likeness (QED) is 0.899. The van der Waals surface area contributed by atoms with Crippen molar-refractivity contribution in [2.45, 2.75) is 19.6 Å². The third-order valence-electron chi connectivity index (χ3n) is 2.69. The number of hydrogen-bond acceptors (Lipinski definition) is 4. The van der Waals surface area contributed by atoms with Crippen molar-refractivity contribution in [2.24, 2.45) is 5.73 Å². The van der Waals surface area contributed by atoms with Crippen molar-refractivity contribution in [1.82, 2.24) is 0 Å². The van der Waals surface area contributed by atoms with E-state index in [-0.39, 0.29) is 6.04 Å². The van der Waals surface area contributed by atoms with Gasteiger partial charge in [-0.2, -0.15) is 11.3 Å². The lowest BCUT2D eigenvalue weighted by molar-refractivity contribution is 0.299. The van der Waals surface area contributed by atoms with Gasteiger partial charge in [-0.3, -0.25) is 0 Å². The van der Waals surface area contributed by atoms with Crippen molar-refractivity contribution in [3.05, 3.63) is 46.2 Å². The van der Waals surface area contributed by atoms with Crippen molar-refractivity contribution < 1.29 is 9.47 Å². The number of hydrogen-bond donors (Lipinski definition) is 1. The fourth-order valence-electron chi connectivity index (χ4n) is 1.68. The molecule has 1 aromatic heterocycles. The fourth-order valence-corrected chi connectivity index (χ4v) is 2.33. The summed E-state index contributed by atoms with van der Waals surface area (Å²) in [4.78, 5) is 0. The number of thiophene rings is 1. The Morgan fingerprint density at radius 3 is 2.78 bits per heavy atom. The maximum Gasteiger partial charge on any atom is 0.128 e. The highest BCUT2D eigenvalue weighted by Crippen LogP contribution is 2.29. The van der Waals surface area contributed by atoms with Crippen LogP contribution in [-0.2, 0) is 6.61 Å². The lowest BCUT2D eigenvalue weighted by Gasteiger charge is -2.15. The van der Waals surface area contributed by atoms with Gasteiger partial charge in [-0.05, 0) is 35.4 Å². The summed E-state index contributed by atoms with van der Waals surface area (Å²) in [5.41, 5.74) is 8.09. The van der Waals surface area contributed by atoms with Gasteiger partial charge in [0.1, 0.15) is 18.1 Å². The molecule has 0 fully saturated rings. The van der Waals surface area contributed by atoms with Gasteiger partial charge < -0.3 is 15.2 Å². The van der Waals surface area contributed by atoms with E-state index in [1.165, 1.54) is 5.56 Å². The number of nitrogens with two attached hydrogens (primary N) is 1. The highest BCUT2D eigenvalue weighted by molar-refractivity contribution is 7.07. The van der Waals surface area contributed by atoms with Crippen LogP contribution in [-0.4, -0.2) is 7.11 Å². The fraction of sp³-hybridized carbons (Fsp3) is 0.286. The highest BCUT2D eigenvalue weighted by atomic mass is 32.1. The van der Waals surface area contributed by atoms with E-state index in [9.17, 15) is 0 Å². The Bertz CT molecular complexity index is 495. The van der Waals surface area contributed by atoms with Gasteiger partial charge in [-0.1, -0.05) is 6.07 Å². The van der Waals surface area contributed by atoms with Crippen LogP contribution in [0.1, 0.15) is 24.1 Å². The number of rotatable bonds is 5. The maximum absolute atomic E-state index is 5.94. The Morgan fingerprint density at radius 2 is 2.17 bits per heavy atom. The number of methoxy groups -OCH3 is 1. The molecule has 96 valence electrons. The summed E-state index contributed by atoms with van der Waals surface area (Å²) in [5, 5.41) is 4.11. The zero-order valence-corrected chi connectivity index (χ0v) is 11.4. The van der Waals surface area contributed by atoms with Crippen LogP contribution in [0.4, 0.5) is 0 Å². The molecule has 1 aromatic carbocycles. The number of benzene rings is 1. The molecule has 0 bridgehead atoms. The average molecular weight is 263 g/mol. The first-order valence-corrected chi connectivity index (χ1v) is 6.72. The molecule has 0 amide bonds. The number of ether oxygens (including phenoxy) is 2. The minimum atomic E-state index is -0.0617. The van der Waals surface area contributed by atoms with E-state index in [1.807, 2.05) is 30.5 Å². The molecule has 0 aliphatic heterocycles. The summed E-state index contributed by atoms with van der Waals surface area (Å²) in [5.74, 6) is 1.57. The first kappa shape index (κ1) is 12.9. The second-order valence-corrected chi connectivity index (χ2v) is 4.89. The first-order valence-electron chi connectivity index (χ1n) is 5.78. The van der Waals surface area contributed by atoms with Crippen molar-refractivity contribution in [3.8, 4) is 11.5 Å². The van der Waals surface area contributed by atoms with E-state index in [1.54, 1.807) is 18.4 Å². The molecule has 4 heteroatoms. The molecule has 18 heavy (non-hydrogen) atoms. The Balaban J connectivity index is 2.18. The van der Waals surface area contributed by atoms with Gasteiger partial charge in [0.15, 0.2) is 0 Å². The predicted octanol–water partition coefficient (Wildman–Crippen LogP) is 3.36. The molecule has 3 nitrogen and oxygen atoms in total. The lowest BCUT2D eigenvalue weighted by Crippen LogP contribution is -2.08. The summed E-state index contributed by atoms with van der Waals surface area (Å²) < 4.78 is 11.0.